The fraction of sp³-hybridized carbons (Fsp3) is 0.692. The average molecular weight is 465 g/mol. The molecule has 1 aliphatic heterocycles. The van der Waals surface area contributed by atoms with Crippen LogP contribution in [-0.4, -0.2) is 55.9 Å². The van der Waals surface area contributed by atoms with Crippen LogP contribution in [0.25, 0.3) is 0 Å². The van der Waals surface area contributed by atoms with Crippen LogP contribution in [0.1, 0.15) is 88.8 Å². The van der Waals surface area contributed by atoms with Crippen molar-refractivity contribution in [3.8, 4) is 11.5 Å². The number of fused-ring (bicyclic) bond motifs is 1. The molecule has 7 nitrogen and oxygen atoms in total. The quantitative estimate of drug-likeness (QED) is 0.322. The van der Waals surface area contributed by atoms with Crippen LogP contribution in [0.15, 0.2) is 17.7 Å². The van der Waals surface area contributed by atoms with Crippen molar-refractivity contribution in [2.24, 2.45) is 5.92 Å². The number of hydrogen-bond donors (Lipinski definition) is 5. The second kappa shape index (κ2) is 9.92. The van der Waals surface area contributed by atoms with Gasteiger partial charge in [-0.2, -0.15) is 0 Å². The molecular formula is C26H40O7. The van der Waals surface area contributed by atoms with E-state index >= 15 is 0 Å². The molecule has 0 bridgehead atoms. The van der Waals surface area contributed by atoms with E-state index in [9.17, 15) is 25.5 Å². The molecule has 8 atom stereocenters. The Morgan fingerprint density at radius 2 is 1.88 bits per heavy atom. The van der Waals surface area contributed by atoms with Gasteiger partial charge in [-0.05, 0) is 82.3 Å². The number of aliphatic hydroxyl groups excluding tert-OH is 3. The van der Waals surface area contributed by atoms with Gasteiger partial charge in [0.25, 0.3) is 0 Å². The van der Waals surface area contributed by atoms with E-state index in [-0.39, 0.29) is 17.4 Å². The standard InChI is InChI=1S/C26H40O7/c1-13(2)8-7-9-14(3)18-11-10-15(4)20-19(18)12-16(5)24(22(20)28)33-26(31)25(30)23(29)21(27)17(6)32-26/h8,12,14-15,17-18,21,23,25,27-31H,7,9-11H2,1-6H3/t14-,15-,17+,18+,21-,23-,25+,26-/m0/s1. The molecule has 1 aromatic rings. The van der Waals surface area contributed by atoms with Crippen molar-refractivity contribution in [1.82, 2.24) is 0 Å². The highest BCUT2D eigenvalue weighted by Crippen LogP contribution is 2.51. The molecule has 33 heavy (non-hydrogen) atoms. The van der Waals surface area contributed by atoms with E-state index in [0.29, 0.717) is 17.4 Å². The van der Waals surface area contributed by atoms with E-state index in [2.05, 4.69) is 33.8 Å². The molecule has 0 spiro atoms. The first-order valence-electron chi connectivity index (χ1n) is 12.0. The lowest BCUT2D eigenvalue weighted by atomic mass is 9.70. The van der Waals surface area contributed by atoms with Crippen LogP contribution in [-0.2, 0) is 4.74 Å². The maximum absolute atomic E-state index is 11.3. The maximum atomic E-state index is 11.3. The zero-order chi connectivity index (χ0) is 24.7. The normalized spacial score (nSPS) is 35.0. The van der Waals surface area contributed by atoms with E-state index in [1.54, 1.807) is 6.92 Å². The lowest BCUT2D eigenvalue weighted by molar-refractivity contribution is -0.418. The smallest absolute Gasteiger partial charge is 0.355 e. The third kappa shape index (κ3) is 5.08. The van der Waals surface area contributed by atoms with Gasteiger partial charge in [0.05, 0.1) is 6.10 Å². The topological polar surface area (TPSA) is 120 Å². The van der Waals surface area contributed by atoms with E-state index in [4.69, 9.17) is 9.47 Å². The maximum Gasteiger partial charge on any atom is 0.355 e. The SMILES string of the molecule is CC(C)=CCC[C@H](C)[C@H]1CC[C@H](C)c2c1cc(C)c(O[C@@]1(O)O[C@H](C)[C@H](O)[C@H](O)[C@H]1O)c2O. The van der Waals surface area contributed by atoms with Gasteiger partial charge in [0.2, 0.25) is 0 Å². The van der Waals surface area contributed by atoms with Crippen molar-refractivity contribution in [1.29, 1.82) is 0 Å². The lowest BCUT2D eigenvalue weighted by Crippen LogP contribution is -2.66. The molecule has 5 N–H and O–H groups in total. The second-order valence-corrected chi connectivity index (χ2v) is 10.3. The summed E-state index contributed by atoms with van der Waals surface area (Å²) in [7, 11) is 0. The minimum absolute atomic E-state index is 0.00999. The number of aryl methyl sites for hydroxylation is 1. The van der Waals surface area contributed by atoms with Crippen LogP contribution in [0.4, 0.5) is 0 Å². The number of ether oxygens (including phenoxy) is 2. The van der Waals surface area contributed by atoms with Gasteiger partial charge in [-0.25, -0.2) is 0 Å². The Kier molecular flexibility index (Phi) is 7.81. The van der Waals surface area contributed by atoms with Crippen LogP contribution < -0.4 is 4.74 Å². The van der Waals surface area contributed by atoms with Gasteiger partial charge in [0, 0.05) is 5.56 Å². The first-order valence-corrected chi connectivity index (χ1v) is 12.0. The van der Waals surface area contributed by atoms with E-state index in [1.807, 2.05) is 6.07 Å². The van der Waals surface area contributed by atoms with E-state index < -0.39 is 30.4 Å². The van der Waals surface area contributed by atoms with Crippen LogP contribution in [0, 0.1) is 12.8 Å². The van der Waals surface area contributed by atoms with Gasteiger partial charge < -0.3 is 35.0 Å². The molecule has 1 saturated heterocycles. The zero-order valence-electron chi connectivity index (χ0n) is 20.6. The highest BCUT2D eigenvalue weighted by atomic mass is 16.8. The monoisotopic (exact) mass is 464 g/mol. The molecule has 7 heteroatoms. The summed E-state index contributed by atoms with van der Waals surface area (Å²) in [5.74, 6) is -1.84. The fourth-order valence-electron chi connectivity index (χ4n) is 5.25. The molecule has 1 aromatic carbocycles. The van der Waals surface area contributed by atoms with Crippen LogP contribution in [0.5, 0.6) is 11.5 Å². The number of aliphatic hydroxyl groups is 4. The first kappa shape index (κ1) is 26.0. The van der Waals surface area contributed by atoms with Crippen LogP contribution in [0.2, 0.25) is 0 Å². The Labute approximate surface area is 196 Å². The van der Waals surface area contributed by atoms with Crippen molar-refractivity contribution in [2.75, 3.05) is 0 Å². The number of aromatic hydroxyl groups is 1. The molecule has 1 heterocycles. The summed E-state index contributed by atoms with van der Waals surface area (Å²) >= 11 is 0. The average Bonchev–Trinajstić information content (AvgIpc) is 2.73. The molecule has 0 aromatic heterocycles. The Hall–Kier alpha value is -1.64. The molecular weight excluding hydrogens is 424 g/mol. The van der Waals surface area contributed by atoms with Crippen molar-refractivity contribution >= 4 is 0 Å². The zero-order valence-corrected chi connectivity index (χ0v) is 20.6. The summed E-state index contributed by atoms with van der Waals surface area (Å²) in [6, 6.07) is 2.00. The predicted octanol–water partition coefficient (Wildman–Crippen LogP) is 3.59. The number of rotatable bonds is 6. The van der Waals surface area contributed by atoms with Crippen LogP contribution in [0.3, 0.4) is 0 Å². The minimum atomic E-state index is -2.61. The molecule has 0 unspecified atom stereocenters. The summed E-state index contributed by atoms with van der Waals surface area (Å²) in [6.07, 6.45) is 0.343. The molecule has 0 radical (unpaired) electrons. The Balaban J connectivity index is 1.94. The van der Waals surface area contributed by atoms with E-state index in [0.717, 1.165) is 36.8 Å². The number of phenols is 1. The Bertz CT molecular complexity index is 878. The second-order valence-electron chi connectivity index (χ2n) is 10.3. The van der Waals surface area contributed by atoms with Crippen LogP contribution >= 0.6 is 0 Å². The number of allylic oxidation sites excluding steroid dienone is 2. The van der Waals surface area contributed by atoms with Gasteiger partial charge in [0.15, 0.2) is 17.6 Å². The highest BCUT2D eigenvalue weighted by molar-refractivity contribution is 5.57. The number of hydrogen-bond acceptors (Lipinski definition) is 7. The number of benzene rings is 1. The van der Waals surface area contributed by atoms with Crippen molar-refractivity contribution in [3.05, 3.63) is 34.4 Å². The highest BCUT2D eigenvalue weighted by Gasteiger charge is 2.54. The predicted molar refractivity (Wildman–Crippen MR) is 125 cm³/mol. The minimum Gasteiger partial charge on any atom is -0.504 e. The summed E-state index contributed by atoms with van der Waals surface area (Å²) in [4.78, 5) is 0. The van der Waals surface area contributed by atoms with Crippen molar-refractivity contribution in [2.45, 2.75) is 109 Å². The van der Waals surface area contributed by atoms with E-state index in [1.165, 1.54) is 12.5 Å². The lowest BCUT2D eigenvalue weighted by Gasteiger charge is -2.44. The summed E-state index contributed by atoms with van der Waals surface area (Å²) in [5.41, 5.74) is 3.80. The van der Waals surface area contributed by atoms with Crippen molar-refractivity contribution < 1.29 is 35.0 Å². The Morgan fingerprint density at radius 3 is 2.52 bits per heavy atom. The molecule has 1 aliphatic carbocycles. The summed E-state index contributed by atoms with van der Waals surface area (Å²) in [6.45, 7) is 11.7. The molecule has 0 saturated carbocycles. The molecule has 2 aliphatic rings. The van der Waals surface area contributed by atoms with Gasteiger partial charge >= 0.3 is 5.97 Å². The third-order valence-electron chi connectivity index (χ3n) is 7.31. The van der Waals surface area contributed by atoms with Crippen molar-refractivity contribution in [3.63, 3.8) is 0 Å². The van der Waals surface area contributed by atoms with Gasteiger partial charge in [-0.15, -0.1) is 0 Å². The fourth-order valence-corrected chi connectivity index (χ4v) is 5.25. The third-order valence-corrected chi connectivity index (χ3v) is 7.31. The van der Waals surface area contributed by atoms with Gasteiger partial charge in [-0.3, -0.25) is 0 Å². The first-order chi connectivity index (χ1) is 15.4. The Morgan fingerprint density at radius 1 is 1.21 bits per heavy atom. The summed E-state index contributed by atoms with van der Waals surface area (Å²) in [5, 5.41) is 52.5. The molecule has 0 amide bonds. The molecule has 3 rings (SSSR count). The summed E-state index contributed by atoms with van der Waals surface area (Å²) < 4.78 is 11.0. The van der Waals surface area contributed by atoms with Gasteiger partial charge in [-0.1, -0.05) is 31.6 Å². The number of phenolic OH excluding ortho intramolecular Hbond substituents is 1. The van der Waals surface area contributed by atoms with Gasteiger partial charge in [0.1, 0.15) is 12.2 Å². The molecule has 186 valence electrons. The largest absolute Gasteiger partial charge is 0.504 e. The molecule has 1 fully saturated rings.